The zero-order chi connectivity index (χ0) is 59.9. The second-order valence-corrected chi connectivity index (χ2v) is 23.2. The first-order valence-electron chi connectivity index (χ1n) is 26.7. The van der Waals surface area contributed by atoms with Crippen LogP contribution < -0.4 is 21.3 Å². The average Bonchev–Trinajstić information content (AvgIpc) is 3.33. The number of imide groups is 2. The molecule has 2 unspecified atom stereocenters. The van der Waals surface area contributed by atoms with Crippen LogP contribution >= 0.6 is 0 Å². The number of amides is 13. The molecule has 1 heterocycles. The Labute approximate surface area is 457 Å². The number of hydrogen-bond donors (Lipinski definition) is 5. The predicted octanol–water partition coefficient (Wildman–Crippen LogP) is 2.41. The highest BCUT2D eigenvalue weighted by molar-refractivity contribution is 6.03. The van der Waals surface area contributed by atoms with Crippen LogP contribution in [0, 0.1) is 29.6 Å². The summed E-state index contributed by atoms with van der Waals surface area (Å²) in [6, 6.07) is -12.0. The molecule has 5 N–H and O–H groups in total. The monoisotopic (exact) mass is 1090 g/mol. The number of aliphatic hydroxyl groups is 1. The summed E-state index contributed by atoms with van der Waals surface area (Å²) in [7, 11) is 9.23. The van der Waals surface area contributed by atoms with E-state index >= 15 is 0 Å². The number of carbonyl (C=O) groups is 11. The summed E-state index contributed by atoms with van der Waals surface area (Å²) >= 11 is 0. The normalized spacial score (nSPS) is 25.8. The Morgan fingerprint density at radius 1 is 0.558 bits per heavy atom. The molecule has 9 atom stereocenters. The van der Waals surface area contributed by atoms with Crippen LogP contribution in [0.5, 0.6) is 0 Å². The summed E-state index contributed by atoms with van der Waals surface area (Å²) in [4.78, 5) is 164. The van der Waals surface area contributed by atoms with Gasteiger partial charge in [0.2, 0.25) is 41.4 Å². The van der Waals surface area contributed by atoms with Gasteiger partial charge in [0.05, 0.1) is 5.60 Å². The third-order valence-electron chi connectivity index (χ3n) is 13.9. The van der Waals surface area contributed by atoms with Gasteiger partial charge in [-0.15, -0.1) is 0 Å². The molecule has 1 fully saturated rings. The van der Waals surface area contributed by atoms with E-state index in [2.05, 4.69) is 21.3 Å². The fraction of sp³-hybridized carbons (Fsp3) is 0.759. The van der Waals surface area contributed by atoms with Crippen molar-refractivity contribution in [3.63, 3.8) is 0 Å². The average molecular weight is 1090 g/mol. The molecular formula is C54H95N11O12. The van der Waals surface area contributed by atoms with Crippen LogP contribution in [0.3, 0.4) is 0 Å². The maximum atomic E-state index is 14.7. The van der Waals surface area contributed by atoms with E-state index in [4.69, 9.17) is 0 Å². The van der Waals surface area contributed by atoms with Gasteiger partial charge in [0.25, 0.3) is 11.8 Å². The van der Waals surface area contributed by atoms with E-state index < -0.39 is 138 Å². The number of allylic oxidation sites excluding steroid dienone is 2. The molecule has 77 heavy (non-hydrogen) atoms. The van der Waals surface area contributed by atoms with Crippen molar-refractivity contribution in [3.8, 4) is 0 Å². The lowest BCUT2D eigenvalue weighted by Gasteiger charge is -2.39. The van der Waals surface area contributed by atoms with Crippen LogP contribution in [0.15, 0.2) is 12.2 Å². The third-order valence-corrected chi connectivity index (χ3v) is 13.9. The molecule has 0 aromatic rings. The minimum absolute atomic E-state index is 0.0571. The summed E-state index contributed by atoms with van der Waals surface area (Å²) in [6.07, 6.45) is 4.19. The largest absolute Gasteiger partial charge is 0.390 e. The molecule has 1 aliphatic heterocycles. The topological polar surface area (TPSA) is 279 Å². The molecule has 0 spiro atoms. The molecular weight excluding hydrogens is 995 g/mol. The summed E-state index contributed by atoms with van der Waals surface area (Å²) in [5, 5.41) is 21.3. The molecule has 0 aromatic heterocycles. The third kappa shape index (κ3) is 20.0. The van der Waals surface area contributed by atoms with Crippen molar-refractivity contribution in [2.24, 2.45) is 29.6 Å². The van der Waals surface area contributed by atoms with E-state index in [1.54, 1.807) is 27.7 Å². The van der Waals surface area contributed by atoms with Crippen molar-refractivity contribution in [2.45, 2.75) is 183 Å². The van der Waals surface area contributed by atoms with Gasteiger partial charge < -0.3 is 50.5 Å². The highest BCUT2D eigenvalue weighted by Gasteiger charge is 2.43. The Balaban J connectivity index is 4.14. The number of urea groups is 2. The van der Waals surface area contributed by atoms with Crippen LogP contribution in [-0.4, -0.2) is 214 Å². The molecule has 1 aliphatic rings. The molecule has 1 saturated heterocycles. The number of carbonyl (C=O) groups excluding carboxylic acids is 11. The molecule has 0 saturated carbocycles. The lowest BCUT2D eigenvalue weighted by molar-refractivity contribution is -0.146. The van der Waals surface area contributed by atoms with Gasteiger partial charge in [-0.1, -0.05) is 74.5 Å². The lowest BCUT2D eigenvalue weighted by atomic mass is 9.95. The number of rotatable bonds is 12. The van der Waals surface area contributed by atoms with Crippen LogP contribution in [0.25, 0.3) is 0 Å². The Hall–Kier alpha value is -6.13. The minimum Gasteiger partial charge on any atom is -0.390 e. The van der Waals surface area contributed by atoms with Crippen LogP contribution in [0.2, 0.25) is 0 Å². The van der Waals surface area contributed by atoms with Crippen molar-refractivity contribution < 1.29 is 57.8 Å². The molecule has 0 bridgehead atoms. The first-order chi connectivity index (χ1) is 35.3. The van der Waals surface area contributed by atoms with Crippen molar-refractivity contribution in [2.75, 3.05) is 55.9 Å². The van der Waals surface area contributed by atoms with Crippen LogP contribution in [0.4, 0.5) is 9.59 Å². The fourth-order valence-corrected chi connectivity index (χ4v) is 9.07. The molecule has 0 aromatic carbocycles. The zero-order valence-electron chi connectivity index (χ0n) is 50.0. The van der Waals surface area contributed by atoms with Gasteiger partial charge in [-0.25, -0.2) is 9.59 Å². The summed E-state index contributed by atoms with van der Waals surface area (Å²) in [5.41, 5.74) is -1.54. The second kappa shape index (κ2) is 30.1. The molecule has 0 aliphatic carbocycles. The second-order valence-electron chi connectivity index (χ2n) is 23.2. The summed E-state index contributed by atoms with van der Waals surface area (Å²) < 4.78 is 0. The van der Waals surface area contributed by atoms with Gasteiger partial charge in [-0.05, 0) is 89.9 Å². The number of hydrogen-bond acceptors (Lipinski definition) is 12. The summed E-state index contributed by atoms with van der Waals surface area (Å²) in [6.45, 7) is 22.7. The number of nitrogens with one attached hydrogen (secondary N) is 4. The number of nitrogens with zero attached hydrogens (tertiary/aromatic N) is 7. The van der Waals surface area contributed by atoms with Gasteiger partial charge >= 0.3 is 12.1 Å². The van der Waals surface area contributed by atoms with E-state index in [1.165, 1.54) is 81.9 Å². The van der Waals surface area contributed by atoms with Gasteiger partial charge in [-0.3, -0.25) is 53.4 Å². The quantitative estimate of drug-likeness (QED) is 0.176. The van der Waals surface area contributed by atoms with Crippen molar-refractivity contribution in [1.29, 1.82) is 0 Å². The lowest BCUT2D eigenvalue weighted by Crippen LogP contribution is -2.61. The highest BCUT2D eigenvalue weighted by atomic mass is 16.3. The first-order valence-corrected chi connectivity index (χ1v) is 26.7. The Morgan fingerprint density at radius 3 is 1.53 bits per heavy atom. The van der Waals surface area contributed by atoms with Gasteiger partial charge in [0, 0.05) is 55.8 Å². The van der Waals surface area contributed by atoms with E-state index in [0.717, 1.165) is 29.4 Å². The SMILES string of the molecule is C/C=C/C[C@@H](C)CC1C(=O)NC(=O)N(C)CC(=O)N(C)[C@@H](CC(C)(C)O)C(=O)N[C@H](C(C)C)C(=O)N(C)[C@H](CC(C)C)C(=O)N[C@H](C)C(=O)N[C@H](C)C(=O)N(C)C(CC(C)C)C(=O)N(C)C(=O)N(C)[C@@H](C(C)C)C(=O)N1C. The Kier molecular flexibility index (Phi) is 27.0. The van der Waals surface area contributed by atoms with Gasteiger partial charge in [-0.2, -0.15) is 0 Å². The van der Waals surface area contributed by atoms with Crippen LogP contribution in [-0.2, 0) is 43.2 Å². The molecule has 23 heteroatoms. The van der Waals surface area contributed by atoms with Crippen molar-refractivity contribution >= 4 is 65.2 Å². The smallest absolute Gasteiger partial charge is 0.326 e. The van der Waals surface area contributed by atoms with E-state index in [0.29, 0.717) is 6.42 Å². The molecule has 23 nitrogen and oxygen atoms in total. The summed E-state index contributed by atoms with van der Waals surface area (Å²) in [5.74, 6) is -8.53. The van der Waals surface area contributed by atoms with Crippen LogP contribution in [0.1, 0.15) is 129 Å². The molecule has 0 radical (unpaired) electrons. The zero-order valence-corrected chi connectivity index (χ0v) is 50.0. The van der Waals surface area contributed by atoms with Gasteiger partial charge in [0.1, 0.15) is 54.9 Å². The van der Waals surface area contributed by atoms with Gasteiger partial charge in [0.15, 0.2) is 0 Å². The highest BCUT2D eigenvalue weighted by Crippen LogP contribution is 2.23. The standard InChI is InChI=1S/C54H95N11O12/c1-22-23-24-34(10)27-38-46(69)58-52(75)59(15)29-41(66)60(16)40(28-54(13,14)77)47(70)57-42(32(6)7)50(73)61(17)37(25-30(2)3)45(68)55-35(11)44(67)56-36(12)48(71)63(19)39(26-31(4)5)49(72)65(21)53(76)64(20)43(33(8)9)51(74)62(38)18/h22-23,30-40,42-43,77H,24-29H2,1-21H3,(H,55,68)(H,56,67)(H,57,70)(H,58,69,75)/b23-22+/t34-,35-,36-,37-,38?,39?,40+,42-,43+/m1/s1. The van der Waals surface area contributed by atoms with E-state index in [9.17, 15) is 57.8 Å². The Bertz CT molecular complexity index is 2140. The molecule has 438 valence electrons. The van der Waals surface area contributed by atoms with Crippen molar-refractivity contribution in [3.05, 3.63) is 12.2 Å². The maximum absolute atomic E-state index is 14.7. The fourth-order valence-electron chi connectivity index (χ4n) is 9.07. The van der Waals surface area contributed by atoms with Crippen molar-refractivity contribution in [1.82, 2.24) is 55.6 Å². The Morgan fingerprint density at radius 2 is 1.04 bits per heavy atom. The van der Waals surface area contributed by atoms with E-state index in [-0.39, 0.29) is 43.4 Å². The first kappa shape index (κ1) is 68.9. The number of likely N-dealkylation sites (N-methyl/N-ethyl adjacent to an activating group) is 7. The maximum Gasteiger partial charge on any atom is 0.326 e. The van der Waals surface area contributed by atoms with E-state index in [1.807, 2.05) is 53.7 Å². The molecule has 1 rings (SSSR count). The molecule has 13 amide bonds. The minimum atomic E-state index is -1.54. The predicted molar refractivity (Wildman–Crippen MR) is 292 cm³/mol.